The Kier molecular flexibility index (Phi) is 8.59. The highest BCUT2D eigenvalue weighted by molar-refractivity contribution is 9.10. The second-order valence-corrected chi connectivity index (χ2v) is 10.1. The minimum Gasteiger partial charge on any atom is -0.468 e. The van der Waals surface area contributed by atoms with Crippen molar-refractivity contribution in [2.75, 3.05) is 18.2 Å². The van der Waals surface area contributed by atoms with Crippen molar-refractivity contribution < 1.29 is 19.1 Å². The Bertz CT molecular complexity index is 1200. The third-order valence-electron chi connectivity index (χ3n) is 4.74. The third-order valence-corrected chi connectivity index (χ3v) is 7.06. The van der Waals surface area contributed by atoms with E-state index in [4.69, 9.17) is 16.3 Å². The molecule has 0 unspecified atom stereocenters. The quantitative estimate of drug-likeness (QED) is 0.352. The van der Waals surface area contributed by atoms with Gasteiger partial charge in [0.15, 0.2) is 0 Å². The number of benzene rings is 2. The maximum atomic E-state index is 12.8. The van der Waals surface area contributed by atoms with Gasteiger partial charge >= 0.3 is 5.97 Å². The van der Waals surface area contributed by atoms with Crippen LogP contribution in [0.25, 0.3) is 0 Å². The van der Waals surface area contributed by atoms with Crippen LogP contribution in [0.4, 0.5) is 5.69 Å². The minimum atomic E-state index is -1.24. The molecular formula is C22H16Br2ClN3O4S. The normalized spacial score (nSPS) is 17.7. The Hall–Kier alpha value is -2.32. The summed E-state index contributed by atoms with van der Waals surface area (Å²) < 4.78 is 6.32. The Morgan fingerprint density at radius 2 is 1.97 bits per heavy atom. The Balaban J connectivity index is 1.89. The topological polar surface area (TPSA) is 108 Å². The van der Waals surface area contributed by atoms with Gasteiger partial charge < -0.3 is 15.4 Å². The number of ether oxygens (including phenoxy) is 1. The van der Waals surface area contributed by atoms with Crippen LogP contribution in [0, 0.1) is 17.2 Å². The van der Waals surface area contributed by atoms with Crippen LogP contribution in [0.15, 0.2) is 62.0 Å². The van der Waals surface area contributed by atoms with E-state index in [0.29, 0.717) is 16.3 Å². The number of hydrogen-bond acceptors (Lipinski definition) is 6. The van der Waals surface area contributed by atoms with E-state index < -0.39 is 23.7 Å². The molecule has 11 heteroatoms. The lowest BCUT2D eigenvalue weighted by atomic mass is 9.78. The summed E-state index contributed by atoms with van der Waals surface area (Å²) in [6.07, 6.45) is 0. The van der Waals surface area contributed by atoms with E-state index in [9.17, 15) is 19.6 Å². The van der Waals surface area contributed by atoms with Gasteiger partial charge in [0.05, 0.1) is 40.2 Å². The maximum absolute atomic E-state index is 12.8. The fourth-order valence-electron chi connectivity index (χ4n) is 3.29. The number of amides is 2. The second-order valence-electron chi connectivity index (χ2n) is 6.84. The van der Waals surface area contributed by atoms with Gasteiger partial charge in [-0.1, -0.05) is 67.4 Å². The van der Waals surface area contributed by atoms with E-state index in [1.54, 1.807) is 42.5 Å². The maximum Gasteiger partial charge on any atom is 0.319 e. The summed E-state index contributed by atoms with van der Waals surface area (Å²) in [5, 5.41) is 15.8. The zero-order valence-electron chi connectivity index (χ0n) is 17.0. The summed E-state index contributed by atoms with van der Waals surface area (Å²) in [4.78, 5) is 37.8. The highest BCUT2D eigenvalue weighted by Gasteiger charge is 2.44. The van der Waals surface area contributed by atoms with Crippen LogP contribution < -0.4 is 10.6 Å². The molecule has 0 spiro atoms. The van der Waals surface area contributed by atoms with Crippen LogP contribution in [0.5, 0.6) is 0 Å². The van der Waals surface area contributed by atoms with E-state index in [1.807, 2.05) is 0 Å². The lowest BCUT2D eigenvalue weighted by molar-refractivity contribution is -0.150. The minimum absolute atomic E-state index is 0.0960. The molecule has 1 aliphatic heterocycles. The summed E-state index contributed by atoms with van der Waals surface area (Å²) in [6.45, 7) is 0. The van der Waals surface area contributed by atoms with Crippen LogP contribution >= 0.6 is 55.2 Å². The van der Waals surface area contributed by atoms with Crippen molar-refractivity contribution in [2.24, 2.45) is 5.92 Å². The van der Waals surface area contributed by atoms with Crippen molar-refractivity contribution in [3.8, 4) is 6.07 Å². The fourth-order valence-corrected chi connectivity index (χ4v) is 5.28. The number of nitrogens with one attached hydrogen (secondary N) is 2. The van der Waals surface area contributed by atoms with E-state index in [0.717, 1.165) is 20.7 Å². The number of halogens is 3. The molecule has 1 heterocycles. The molecule has 0 bridgehead atoms. The van der Waals surface area contributed by atoms with Crippen LogP contribution in [-0.4, -0.2) is 30.6 Å². The number of anilines is 1. The summed E-state index contributed by atoms with van der Waals surface area (Å²) in [6, 6.07) is 14.2. The molecule has 2 aromatic carbocycles. The Labute approximate surface area is 216 Å². The van der Waals surface area contributed by atoms with Gasteiger partial charge in [-0.15, -0.1) is 0 Å². The molecule has 2 amide bonds. The standard InChI is InChI=1S/C22H16Br2ClN3O4S/c1-32-22(31)19-18(11-3-2-4-12(23)7-11)14(9-26)21(28-20(19)30)33-10-17(29)27-16-6-5-13(24)8-15(16)25/h2-8,18-19H,10H2,1H3,(H,27,29)(H,28,30)/t18-,19+/m1/s1. The molecule has 33 heavy (non-hydrogen) atoms. The average molecular weight is 614 g/mol. The van der Waals surface area contributed by atoms with Crippen LogP contribution in [0.1, 0.15) is 11.5 Å². The van der Waals surface area contributed by atoms with Gasteiger partial charge in [-0.05, 0) is 35.9 Å². The van der Waals surface area contributed by atoms with Gasteiger partial charge in [-0.2, -0.15) is 5.26 Å². The highest BCUT2D eigenvalue weighted by atomic mass is 79.9. The van der Waals surface area contributed by atoms with Crippen LogP contribution in [0.2, 0.25) is 5.02 Å². The summed E-state index contributed by atoms with van der Waals surface area (Å²) in [5.74, 6) is -3.93. The van der Waals surface area contributed by atoms with Gasteiger partial charge in [0.2, 0.25) is 11.8 Å². The van der Waals surface area contributed by atoms with Crippen molar-refractivity contribution >= 4 is 78.7 Å². The number of allylic oxidation sites excluding steroid dienone is 1. The van der Waals surface area contributed by atoms with Crippen molar-refractivity contribution in [1.82, 2.24) is 5.32 Å². The summed E-state index contributed by atoms with van der Waals surface area (Å²) in [7, 11) is 1.19. The molecule has 2 atom stereocenters. The molecular weight excluding hydrogens is 598 g/mol. The number of hydrogen-bond donors (Lipinski definition) is 2. The van der Waals surface area contributed by atoms with Gasteiger partial charge in [0, 0.05) is 14.9 Å². The Morgan fingerprint density at radius 3 is 2.61 bits per heavy atom. The molecule has 0 fully saturated rings. The second kappa shape index (κ2) is 11.2. The first kappa shape index (κ1) is 25.3. The summed E-state index contributed by atoms with van der Waals surface area (Å²) in [5.41, 5.74) is 1.20. The zero-order valence-corrected chi connectivity index (χ0v) is 21.8. The third kappa shape index (κ3) is 5.98. The average Bonchev–Trinajstić information content (AvgIpc) is 2.78. The van der Waals surface area contributed by atoms with Crippen molar-refractivity contribution in [3.63, 3.8) is 0 Å². The predicted molar refractivity (Wildman–Crippen MR) is 133 cm³/mol. The molecule has 0 saturated carbocycles. The largest absolute Gasteiger partial charge is 0.468 e. The molecule has 0 radical (unpaired) electrons. The molecule has 2 N–H and O–H groups in total. The first-order valence-electron chi connectivity index (χ1n) is 9.41. The van der Waals surface area contributed by atoms with E-state index >= 15 is 0 Å². The Morgan fingerprint density at radius 1 is 1.24 bits per heavy atom. The monoisotopic (exact) mass is 611 g/mol. The van der Waals surface area contributed by atoms with Crippen molar-refractivity contribution in [3.05, 3.63) is 72.6 Å². The molecule has 170 valence electrons. The molecule has 1 aliphatic rings. The highest BCUT2D eigenvalue weighted by Crippen LogP contribution is 2.40. The first-order valence-corrected chi connectivity index (χ1v) is 12.4. The lowest BCUT2D eigenvalue weighted by Crippen LogP contribution is -2.44. The smallest absolute Gasteiger partial charge is 0.319 e. The van der Waals surface area contributed by atoms with Gasteiger partial charge in [0.25, 0.3) is 0 Å². The van der Waals surface area contributed by atoms with E-state index in [2.05, 4.69) is 48.6 Å². The predicted octanol–water partition coefficient (Wildman–Crippen LogP) is 4.97. The number of carbonyl (C=O) groups is 3. The van der Waals surface area contributed by atoms with Gasteiger partial charge in [0.1, 0.15) is 5.92 Å². The molecule has 3 rings (SSSR count). The van der Waals surface area contributed by atoms with Crippen molar-refractivity contribution in [1.29, 1.82) is 5.26 Å². The number of rotatable bonds is 6. The van der Waals surface area contributed by atoms with E-state index in [1.165, 1.54) is 7.11 Å². The molecule has 2 aromatic rings. The molecule has 0 saturated heterocycles. The van der Waals surface area contributed by atoms with Gasteiger partial charge in [-0.25, -0.2) is 0 Å². The van der Waals surface area contributed by atoms with Gasteiger partial charge in [-0.3, -0.25) is 14.4 Å². The summed E-state index contributed by atoms with van der Waals surface area (Å²) >= 11 is 13.8. The van der Waals surface area contributed by atoms with E-state index in [-0.39, 0.29) is 22.3 Å². The number of methoxy groups -OCH3 is 1. The number of carbonyl (C=O) groups excluding carboxylic acids is 3. The molecule has 7 nitrogen and oxygen atoms in total. The zero-order chi connectivity index (χ0) is 24.1. The fraction of sp³-hybridized carbons (Fsp3) is 0.182. The van der Waals surface area contributed by atoms with Crippen LogP contribution in [-0.2, 0) is 19.1 Å². The van der Waals surface area contributed by atoms with Crippen LogP contribution in [0.3, 0.4) is 0 Å². The van der Waals surface area contributed by atoms with Crippen molar-refractivity contribution in [2.45, 2.75) is 5.92 Å². The molecule has 0 aliphatic carbocycles. The molecule has 0 aromatic heterocycles. The number of nitrogens with zero attached hydrogens (tertiary/aromatic N) is 1. The number of thioether (sulfide) groups is 1. The first-order chi connectivity index (χ1) is 15.7. The number of nitriles is 1. The lowest BCUT2D eigenvalue weighted by Gasteiger charge is -2.31. The number of esters is 1. The SMILES string of the molecule is COC(=O)[C@@H]1C(=O)NC(SCC(=O)Nc2ccc(Br)cc2Cl)=C(C#N)[C@H]1c1cccc(Br)c1.